The van der Waals surface area contributed by atoms with Crippen LogP contribution in [0.4, 0.5) is 5.69 Å². The van der Waals surface area contributed by atoms with Gasteiger partial charge in [-0.25, -0.2) is 0 Å². The molecule has 0 spiro atoms. The van der Waals surface area contributed by atoms with Crippen molar-refractivity contribution in [3.05, 3.63) is 69.8 Å². The minimum atomic E-state index is -0.820. The van der Waals surface area contributed by atoms with Gasteiger partial charge in [-0.2, -0.15) is 0 Å². The van der Waals surface area contributed by atoms with E-state index in [0.29, 0.717) is 5.75 Å². The van der Waals surface area contributed by atoms with E-state index in [1.807, 2.05) is 19.1 Å². The van der Waals surface area contributed by atoms with E-state index in [-0.39, 0.29) is 11.3 Å². The monoisotopic (exact) mass is 357 g/mol. The molecule has 136 valence electrons. The lowest BCUT2D eigenvalue weighted by atomic mass is 10.2. The minimum absolute atomic E-state index is 0.123. The average molecular weight is 357 g/mol. The fourth-order valence-corrected chi connectivity index (χ4v) is 2.09. The van der Waals surface area contributed by atoms with Crippen molar-refractivity contribution in [2.45, 2.75) is 26.4 Å². The standard InChI is InChI=1S/C18H19N3O5/c1-3-13-4-10-16(11-5-13)26-12(2)17(22)19-20-18(23)14-6-8-15(9-7-14)21(24)25/h4-12H,3H2,1-2H3,(H,19,22)(H,20,23)/t12-/m1/s1. The molecule has 0 fully saturated rings. The van der Waals surface area contributed by atoms with Crippen molar-refractivity contribution < 1.29 is 19.2 Å². The van der Waals surface area contributed by atoms with Gasteiger partial charge in [-0.15, -0.1) is 0 Å². The Morgan fingerprint density at radius 3 is 2.23 bits per heavy atom. The maximum Gasteiger partial charge on any atom is 0.279 e. The normalized spacial score (nSPS) is 11.3. The van der Waals surface area contributed by atoms with Gasteiger partial charge in [0.15, 0.2) is 6.10 Å². The van der Waals surface area contributed by atoms with Gasteiger partial charge in [0.05, 0.1) is 4.92 Å². The number of carbonyl (C=O) groups is 2. The number of nitro groups is 1. The van der Waals surface area contributed by atoms with Crippen molar-refractivity contribution in [2.75, 3.05) is 0 Å². The Morgan fingerprint density at radius 1 is 1.08 bits per heavy atom. The molecule has 8 nitrogen and oxygen atoms in total. The second kappa shape index (κ2) is 8.61. The minimum Gasteiger partial charge on any atom is -0.481 e. The number of hydrogen-bond donors (Lipinski definition) is 2. The molecule has 1 atom stereocenters. The highest BCUT2D eigenvalue weighted by Gasteiger charge is 2.16. The smallest absolute Gasteiger partial charge is 0.279 e. The molecule has 2 rings (SSSR count). The molecule has 0 radical (unpaired) electrons. The summed E-state index contributed by atoms with van der Waals surface area (Å²) in [5.41, 5.74) is 5.72. The number of aryl methyl sites for hydroxylation is 1. The first-order chi connectivity index (χ1) is 12.4. The third-order valence-electron chi connectivity index (χ3n) is 3.65. The molecule has 2 N–H and O–H groups in total. The number of nitro benzene ring substituents is 1. The van der Waals surface area contributed by atoms with Gasteiger partial charge in [0.25, 0.3) is 17.5 Å². The van der Waals surface area contributed by atoms with Crippen LogP contribution in [0, 0.1) is 10.1 Å². The summed E-state index contributed by atoms with van der Waals surface area (Å²) in [6.45, 7) is 3.60. The van der Waals surface area contributed by atoms with Gasteiger partial charge in [0.2, 0.25) is 0 Å². The van der Waals surface area contributed by atoms with Crippen LogP contribution in [0.2, 0.25) is 0 Å². The van der Waals surface area contributed by atoms with Crippen LogP contribution in [0.25, 0.3) is 0 Å². The molecule has 2 aromatic rings. The van der Waals surface area contributed by atoms with Crippen LogP contribution < -0.4 is 15.6 Å². The van der Waals surface area contributed by atoms with Crippen molar-refractivity contribution in [1.82, 2.24) is 10.9 Å². The van der Waals surface area contributed by atoms with Crippen molar-refractivity contribution in [2.24, 2.45) is 0 Å². The van der Waals surface area contributed by atoms with Gasteiger partial charge in [-0.1, -0.05) is 19.1 Å². The summed E-state index contributed by atoms with van der Waals surface area (Å²) < 4.78 is 5.52. The number of benzene rings is 2. The van der Waals surface area contributed by atoms with Gasteiger partial charge in [0, 0.05) is 17.7 Å². The number of hydrogen-bond acceptors (Lipinski definition) is 5. The topological polar surface area (TPSA) is 111 Å². The number of nitrogens with one attached hydrogen (secondary N) is 2. The van der Waals surface area contributed by atoms with E-state index < -0.39 is 22.8 Å². The molecular formula is C18H19N3O5. The van der Waals surface area contributed by atoms with Crippen molar-refractivity contribution in [3.63, 3.8) is 0 Å². The number of ether oxygens (including phenoxy) is 1. The number of nitrogens with zero attached hydrogens (tertiary/aromatic N) is 1. The quantitative estimate of drug-likeness (QED) is 0.609. The second-order valence-electron chi connectivity index (χ2n) is 5.50. The maximum atomic E-state index is 12.0. The second-order valence-corrected chi connectivity index (χ2v) is 5.50. The summed E-state index contributed by atoms with van der Waals surface area (Å²) in [5, 5.41) is 10.6. The third-order valence-corrected chi connectivity index (χ3v) is 3.65. The molecule has 0 aliphatic carbocycles. The predicted octanol–water partition coefficient (Wildman–Crippen LogP) is 2.39. The van der Waals surface area contributed by atoms with Crippen LogP contribution >= 0.6 is 0 Å². The first kappa shape index (κ1) is 18.9. The van der Waals surface area contributed by atoms with E-state index >= 15 is 0 Å². The number of carbonyl (C=O) groups excluding carboxylic acids is 2. The van der Waals surface area contributed by atoms with Crippen LogP contribution in [0.3, 0.4) is 0 Å². The lowest BCUT2D eigenvalue weighted by Gasteiger charge is -2.15. The van der Waals surface area contributed by atoms with E-state index in [9.17, 15) is 19.7 Å². The van der Waals surface area contributed by atoms with Crippen LogP contribution in [0.5, 0.6) is 5.75 Å². The van der Waals surface area contributed by atoms with E-state index in [2.05, 4.69) is 10.9 Å². The molecule has 8 heteroatoms. The molecule has 2 aromatic carbocycles. The Labute approximate surface area is 150 Å². The Morgan fingerprint density at radius 2 is 1.69 bits per heavy atom. The summed E-state index contributed by atoms with van der Waals surface area (Å²) in [6.07, 6.45) is 0.0880. The SMILES string of the molecule is CCc1ccc(O[C@H](C)C(=O)NNC(=O)c2ccc([N+](=O)[O-])cc2)cc1. The molecule has 0 heterocycles. The van der Waals surface area contributed by atoms with E-state index in [1.165, 1.54) is 24.3 Å². The molecule has 2 amide bonds. The Hall–Kier alpha value is -3.42. The molecule has 0 saturated carbocycles. The largest absolute Gasteiger partial charge is 0.481 e. The summed E-state index contributed by atoms with van der Waals surface area (Å²) in [6, 6.07) is 12.4. The van der Waals surface area contributed by atoms with Gasteiger partial charge in [0.1, 0.15) is 5.75 Å². The fraction of sp³-hybridized carbons (Fsp3) is 0.222. The highest BCUT2D eigenvalue weighted by Crippen LogP contribution is 2.14. The number of amides is 2. The Bertz CT molecular complexity index is 787. The lowest BCUT2D eigenvalue weighted by Crippen LogP contribution is -2.47. The zero-order chi connectivity index (χ0) is 19.1. The van der Waals surface area contributed by atoms with Gasteiger partial charge in [-0.05, 0) is 43.2 Å². The number of hydrazine groups is 1. The van der Waals surface area contributed by atoms with E-state index in [1.54, 1.807) is 19.1 Å². The lowest BCUT2D eigenvalue weighted by molar-refractivity contribution is -0.384. The first-order valence-corrected chi connectivity index (χ1v) is 8.01. The van der Waals surface area contributed by atoms with Crippen molar-refractivity contribution >= 4 is 17.5 Å². The highest BCUT2D eigenvalue weighted by atomic mass is 16.6. The first-order valence-electron chi connectivity index (χ1n) is 8.01. The Kier molecular flexibility index (Phi) is 6.26. The average Bonchev–Trinajstić information content (AvgIpc) is 2.66. The van der Waals surface area contributed by atoms with Crippen LogP contribution in [0.1, 0.15) is 29.8 Å². The zero-order valence-corrected chi connectivity index (χ0v) is 14.4. The Balaban J connectivity index is 1.86. The van der Waals surface area contributed by atoms with Crippen LogP contribution in [-0.4, -0.2) is 22.8 Å². The summed E-state index contributed by atoms with van der Waals surface area (Å²) in [4.78, 5) is 34.0. The van der Waals surface area contributed by atoms with E-state index in [0.717, 1.165) is 12.0 Å². The molecule has 26 heavy (non-hydrogen) atoms. The molecule has 0 aliphatic rings. The molecule has 0 aliphatic heterocycles. The van der Waals surface area contributed by atoms with Crippen LogP contribution in [-0.2, 0) is 11.2 Å². The van der Waals surface area contributed by atoms with Gasteiger partial charge < -0.3 is 4.74 Å². The van der Waals surface area contributed by atoms with E-state index in [4.69, 9.17) is 4.74 Å². The maximum absolute atomic E-state index is 12.0. The molecule has 0 saturated heterocycles. The molecule has 0 bridgehead atoms. The summed E-state index contributed by atoms with van der Waals surface area (Å²) in [5.74, 6) is -0.570. The van der Waals surface area contributed by atoms with Gasteiger partial charge in [-0.3, -0.25) is 30.6 Å². The van der Waals surface area contributed by atoms with Crippen molar-refractivity contribution in [1.29, 1.82) is 0 Å². The highest BCUT2D eigenvalue weighted by molar-refractivity contribution is 5.95. The van der Waals surface area contributed by atoms with Gasteiger partial charge >= 0.3 is 0 Å². The number of non-ortho nitro benzene ring substituents is 1. The third kappa shape index (κ3) is 5.04. The molecular weight excluding hydrogens is 338 g/mol. The fourth-order valence-electron chi connectivity index (χ4n) is 2.09. The van der Waals surface area contributed by atoms with Crippen LogP contribution in [0.15, 0.2) is 48.5 Å². The number of rotatable bonds is 6. The molecule has 0 unspecified atom stereocenters. The zero-order valence-electron chi connectivity index (χ0n) is 14.4. The van der Waals surface area contributed by atoms with Crippen molar-refractivity contribution in [3.8, 4) is 5.75 Å². The summed E-state index contributed by atoms with van der Waals surface area (Å²) >= 11 is 0. The predicted molar refractivity (Wildman–Crippen MR) is 94.6 cm³/mol. The molecule has 0 aromatic heterocycles. The summed E-state index contributed by atoms with van der Waals surface area (Å²) in [7, 11) is 0.